The summed E-state index contributed by atoms with van der Waals surface area (Å²) in [5.74, 6) is 0.752. The zero-order chi connectivity index (χ0) is 11.5. The predicted octanol–water partition coefficient (Wildman–Crippen LogP) is 0.817. The van der Waals surface area contributed by atoms with Crippen molar-refractivity contribution in [1.29, 1.82) is 0 Å². The summed E-state index contributed by atoms with van der Waals surface area (Å²) in [4.78, 5) is 21.8. The van der Waals surface area contributed by atoms with E-state index in [9.17, 15) is 4.79 Å². The smallest absolute Gasteiger partial charge is 0.225 e. The third kappa shape index (κ3) is 2.29. The van der Waals surface area contributed by atoms with E-state index in [1.54, 1.807) is 6.20 Å². The highest BCUT2D eigenvalue weighted by Gasteiger charge is 2.25. The number of anilines is 1. The fourth-order valence-electron chi connectivity index (χ4n) is 1.93. The number of rotatable bonds is 2. The molecule has 0 aliphatic carbocycles. The highest BCUT2D eigenvalue weighted by Crippen LogP contribution is 2.18. The number of hydrogen-bond donors (Lipinski definition) is 1. The number of amides is 1. The van der Waals surface area contributed by atoms with Crippen molar-refractivity contribution >= 4 is 11.7 Å². The molecule has 1 aliphatic rings. The van der Waals surface area contributed by atoms with Gasteiger partial charge in [-0.25, -0.2) is 4.98 Å². The Hall–Kier alpha value is -1.65. The third-order valence-corrected chi connectivity index (χ3v) is 2.88. The van der Waals surface area contributed by atoms with Gasteiger partial charge < -0.3 is 10.6 Å². The number of carbonyl (C=O) groups excluding carboxylic acids is 1. The number of nitrogen functional groups attached to an aromatic ring is 1. The van der Waals surface area contributed by atoms with Gasteiger partial charge in [-0.3, -0.25) is 9.78 Å². The first-order valence-electron chi connectivity index (χ1n) is 5.52. The van der Waals surface area contributed by atoms with Crippen LogP contribution in [0.1, 0.15) is 25.5 Å². The molecule has 5 heteroatoms. The molecule has 1 saturated heterocycles. The largest absolute Gasteiger partial charge is 0.382 e. The lowest BCUT2D eigenvalue weighted by atomic mass is 9.99. The van der Waals surface area contributed by atoms with E-state index >= 15 is 0 Å². The molecule has 16 heavy (non-hydrogen) atoms. The highest BCUT2D eigenvalue weighted by molar-refractivity contribution is 5.79. The van der Waals surface area contributed by atoms with Crippen molar-refractivity contribution in [1.82, 2.24) is 14.9 Å². The van der Waals surface area contributed by atoms with Gasteiger partial charge in [-0.15, -0.1) is 0 Å². The molecule has 1 fully saturated rings. The average Bonchev–Trinajstić information content (AvgIpc) is 2.28. The number of likely N-dealkylation sites (tertiary alicyclic amines) is 1. The second kappa shape index (κ2) is 4.47. The molecule has 1 aromatic heterocycles. The number of aromatic nitrogens is 2. The van der Waals surface area contributed by atoms with E-state index in [1.165, 1.54) is 6.20 Å². The summed E-state index contributed by atoms with van der Waals surface area (Å²) in [7, 11) is 0. The van der Waals surface area contributed by atoms with Crippen molar-refractivity contribution < 1.29 is 4.79 Å². The van der Waals surface area contributed by atoms with Crippen LogP contribution in [-0.4, -0.2) is 27.3 Å². The summed E-state index contributed by atoms with van der Waals surface area (Å²) >= 11 is 0. The number of nitrogens with zero attached hydrogens (tertiary/aromatic N) is 3. The Morgan fingerprint density at radius 3 is 3.00 bits per heavy atom. The quantitative estimate of drug-likeness (QED) is 0.800. The predicted molar refractivity (Wildman–Crippen MR) is 60.3 cm³/mol. The van der Waals surface area contributed by atoms with Gasteiger partial charge in [0.2, 0.25) is 5.91 Å². The molecule has 5 nitrogen and oxygen atoms in total. The van der Waals surface area contributed by atoms with E-state index < -0.39 is 0 Å². The molecule has 2 rings (SSSR count). The third-order valence-electron chi connectivity index (χ3n) is 2.88. The van der Waals surface area contributed by atoms with Crippen molar-refractivity contribution in [3.63, 3.8) is 0 Å². The molecule has 1 amide bonds. The molecule has 0 saturated carbocycles. The molecular formula is C11H16N4O. The Morgan fingerprint density at radius 2 is 2.31 bits per heavy atom. The van der Waals surface area contributed by atoms with Gasteiger partial charge in [-0.1, -0.05) is 6.92 Å². The van der Waals surface area contributed by atoms with Gasteiger partial charge in [0.15, 0.2) is 0 Å². The van der Waals surface area contributed by atoms with Crippen LogP contribution in [0.4, 0.5) is 5.82 Å². The molecule has 86 valence electrons. The van der Waals surface area contributed by atoms with Crippen molar-refractivity contribution in [2.75, 3.05) is 12.3 Å². The maximum atomic E-state index is 11.8. The lowest BCUT2D eigenvalue weighted by Gasteiger charge is -2.30. The van der Waals surface area contributed by atoms with Gasteiger partial charge in [0.05, 0.1) is 24.6 Å². The Balaban J connectivity index is 2.03. The van der Waals surface area contributed by atoms with Gasteiger partial charge >= 0.3 is 0 Å². The number of hydrogen-bond acceptors (Lipinski definition) is 4. The second-order valence-electron chi connectivity index (χ2n) is 4.24. The molecular weight excluding hydrogens is 204 g/mol. The van der Waals surface area contributed by atoms with Crippen LogP contribution in [0.15, 0.2) is 12.4 Å². The molecule has 1 atom stereocenters. The standard InChI is InChI=1S/C11H16N4O/c1-8-3-2-4-15(11(8)16)7-9-5-14-10(12)6-13-9/h5-6,8H,2-4,7H2,1H3,(H2,12,14). The van der Waals surface area contributed by atoms with E-state index in [0.29, 0.717) is 12.4 Å². The van der Waals surface area contributed by atoms with E-state index in [4.69, 9.17) is 5.73 Å². The summed E-state index contributed by atoms with van der Waals surface area (Å²) in [6, 6.07) is 0. The molecule has 2 N–H and O–H groups in total. The first-order chi connectivity index (χ1) is 7.66. The van der Waals surface area contributed by atoms with E-state index in [2.05, 4.69) is 9.97 Å². The number of carbonyl (C=O) groups is 1. The highest BCUT2D eigenvalue weighted by atomic mass is 16.2. The number of piperidine rings is 1. The summed E-state index contributed by atoms with van der Waals surface area (Å²) in [6.45, 7) is 3.33. The Labute approximate surface area is 94.7 Å². The maximum absolute atomic E-state index is 11.8. The van der Waals surface area contributed by atoms with Gasteiger partial charge in [-0.05, 0) is 12.8 Å². The molecule has 0 aromatic carbocycles. The fraction of sp³-hybridized carbons (Fsp3) is 0.545. The summed E-state index contributed by atoms with van der Waals surface area (Å²) in [6.07, 6.45) is 5.20. The van der Waals surface area contributed by atoms with Crippen LogP contribution in [-0.2, 0) is 11.3 Å². The molecule has 0 bridgehead atoms. The van der Waals surface area contributed by atoms with Crippen LogP contribution in [0.5, 0.6) is 0 Å². The Bertz CT molecular complexity index is 376. The van der Waals surface area contributed by atoms with Crippen molar-refractivity contribution in [2.45, 2.75) is 26.3 Å². The molecule has 0 spiro atoms. The minimum absolute atomic E-state index is 0.135. The van der Waals surface area contributed by atoms with Crippen LogP contribution in [0.25, 0.3) is 0 Å². The zero-order valence-corrected chi connectivity index (χ0v) is 9.39. The molecule has 1 unspecified atom stereocenters. The van der Waals surface area contributed by atoms with Gasteiger partial charge in [0.1, 0.15) is 5.82 Å². The minimum Gasteiger partial charge on any atom is -0.382 e. The van der Waals surface area contributed by atoms with Crippen LogP contribution in [0, 0.1) is 5.92 Å². The summed E-state index contributed by atoms with van der Waals surface area (Å²) in [5, 5.41) is 0. The molecule has 2 heterocycles. The summed E-state index contributed by atoms with van der Waals surface area (Å²) in [5.41, 5.74) is 6.24. The Morgan fingerprint density at radius 1 is 1.50 bits per heavy atom. The van der Waals surface area contributed by atoms with E-state index in [-0.39, 0.29) is 11.8 Å². The van der Waals surface area contributed by atoms with Crippen LogP contribution in [0.2, 0.25) is 0 Å². The second-order valence-corrected chi connectivity index (χ2v) is 4.24. The Kier molecular flexibility index (Phi) is 3.03. The maximum Gasteiger partial charge on any atom is 0.225 e. The fourth-order valence-corrected chi connectivity index (χ4v) is 1.93. The van der Waals surface area contributed by atoms with E-state index in [0.717, 1.165) is 25.1 Å². The SMILES string of the molecule is CC1CCCN(Cc2cnc(N)cn2)C1=O. The van der Waals surface area contributed by atoms with Crippen molar-refractivity contribution in [3.8, 4) is 0 Å². The first-order valence-corrected chi connectivity index (χ1v) is 5.52. The van der Waals surface area contributed by atoms with Crippen LogP contribution < -0.4 is 5.73 Å². The average molecular weight is 220 g/mol. The van der Waals surface area contributed by atoms with Crippen LogP contribution >= 0.6 is 0 Å². The van der Waals surface area contributed by atoms with Gasteiger partial charge in [-0.2, -0.15) is 0 Å². The number of nitrogens with two attached hydrogens (primary N) is 1. The van der Waals surface area contributed by atoms with Crippen molar-refractivity contribution in [3.05, 3.63) is 18.1 Å². The molecule has 1 aliphatic heterocycles. The monoisotopic (exact) mass is 220 g/mol. The van der Waals surface area contributed by atoms with E-state index in [1.807, 2.05) is 11.8 Å². The van der Waals surface area contributed by atoms with Crippen LogP contribution in [0.3, 0.4) is 0 Å². The molecule has 0 radical (unpaired) electrons. The minimum atomic E-state index is 0.135. The zero-order valence-electron chi connectivity index (χ0n) is 9.39. The normalized spacial score (nSPS) is 21.2. The first kappa shape index (κ1) is 10.9. The van der Waals surface area contributed by atoms with Gasteiger partial charge in [0, 0.05) is 12.5 Å². The van der Waals surface area contributed by atoms with Crippen molar-refractivity contribution in [2.24, 2.45) is 5.92 Å². The summed E-state index contributed by atoms with van der Waals surface area (Å²) < 4.78 is 0. The van der Waals surface area contributed by atoms with Gasteiger partial charge in [0.25, 0.3) is 0 Å². The molecule has 1 aromatic rings. The topological polar surface area (TPSA) is 72.1 Å². The lowest BCUT2D eigenvalue weighted by molar-refractivity contribution is -0.138. The lowest BCUT2D eigenvalue weighted by Crippen LogP contribution is -2.39.